The first kappa shape index (κ1) is 72.9. The third-order valence-corrected chi connectivity index (χ3v) is 22.0. The van der Waals surface area contributed by atoms with Gasteiger partial charge in [0.25, 0.3) is 0 Å². The molecule has 7 rings (SSSR count). The van der Waals surface area contributed by atoms with Gasteiger partial charge in [0, 0.05) is 70.6 Å². The molecule has 3 heterocycles. The fourth-order valence-corrected chi connectivity index (χ4v) is 16.3. The molecule has 3 fully saturated rings. The monoisotopic (exact) mass is 1170 g/mol. The number of rotatable bonds is 26. The zero-order valence-corrected chi connectivity index (χ0v) is 57.8. The lowest BCUT2D eigenvalue weighted by atomic mass is 9.91. The van der Waals surface area contributed by atoms with Gasteiger partial charge in [0.05, 0.1) is 78.5 Å². The van der Waals surface area contributed by atoms with E-state index in [4.69, 9.17) is 0 Å². The molecule has 0 saturated carbocycles. The summed E-state index contributed by atoms with van der Waals surface area (Å²) in [5.74, 6) is 1.75. The normalized spacial score (nSPS) is 17.9. The minimum Gasteiger partial charge on any atom is -0.315 e. The van der Waals surface area contributed by atoms with E-state index >= 15 is 0 Å². The van der Waals surface area contributed by atoms with Crippen molar-refractivity contribution in [3.8, 4) is 0 Å². The van der Waals surface area contributed by atoms with E-state index in [1.807, 2.05) is 0 Å². The SMILES string of the molecule is CCC(C(=O)Cc1c(C)cccc1C)[N+]1(CC)CCCC1.CCC(C(=O)Cc1c(C)cccc1C)[N+]1(CC)CCCCC1.CCC[N+](CC)(CC)C(CC)C(=O)Cc1c(C)cccc1C.CC[N+]1(CC)CCCC1C(=O)Cc1c(C)cccc1C. The van der Waals surface area contributed by atoms with E-state index in [0.717, 1.165) is 95.8 Å². The van der Waals surface area contributed by atoms with Crippen molar-refractivity contribution in [2.75, 3.05) is 78.5 Å². The predicted molar refractivity (Wildman–Crippen MR) is 361 cm³/mol. The molecule has 0 aliphatic carbocycles. The highest BCUT2D eigenvalue weighted by Gasteiger charge is 2.45. The molecule has 0 amide bonds. The van der Waals surface area contributed by atoms with Crippen molar-refractivity contribution >= 4 is 23.1 Å². The van der Waals surface area contributed by atoms with Gasteiger partial charge in [0.2, 0.25) is 0 Å². The summed E-state index contributed by atoms with van der Waals surface area (Å²) in [5.41, 5.74) is 15.0. The van der Waals surface area contributed by atoms with Gasteiger partial charge in [-0.3, -0.25) is 19.2 Å². The van der Waals surface area contributed by atoms with Crippen LogP contribution in [0.1, 0.15) is 207 Å². The van der Waals surface area contributed by atoms with Gasteiger partial charge in [-0.2, -0.15) is 0 Å². The second-order valence-corrected chi connectivity index (χ2v) is 26.4. The zero-order chi connectivity index (χ0) is 63.1. The maximum Gasteiger partial charge on any atom is 0.194 e. The number of nitrogens with zero attached hydrogens (tertiary/aromatic N) is 4. The third-order valence-electron chi connectivity index (χ3n) is 22.0. The second kappa shape index (κ2) is 34.8. The summed E-state index contributed by atoms with van der Waals surface area (Å²) >= 11 is 0. The Morgan fingerprint density at radius 1 is 0.412 bits per heavy atom. The van der Waals surface area contributed by atoms with E-state index in [-0.39, 0.29) is 24.2 Å². The summed E-state index contributed by atoms with van der Waals surface area (Å²) in [7, 11) is 0. The number of likely N-dealkylation sites (tertiary alicyclic amines) is 3. The number of ketones is 4. The van der Waals surface area contributed by atoms with E-state index in [1.165, 1.54) is 138 Å². The minimum absolute atomic E-state index is 0.133. The van der Waals surface area contributed by atoms with Crippen LogP contribution >= 0.6 is 0 Å². The highest BCUT2D eigenvalue weighted by molar-refractivity contribution is 5.87. The van der Waals surface area contributed by atoms with Crippen molar-refractivity contribution in [3.63, 3.8) is 0 Å². The highest BCUT2D eigenvalue weighted by Crippen LogP contribution is 2.32. The van der Waals surface area contributed by atoms with Crippen LogP contribution in [0.2, 0.25) is 0 Å². The number of piperidine rings is 1. The van der Waals surface area contributed by atoms with Gasteiger partial charge in [-0.1, -0.05) is 100 Å². The molecule has 0 spiro atoms. The maximum absolute atomic E-state index is 13.1. The number of likely N-dealkylation sites (N-methyl/N-ethyl adjacent to an activating group) is 4. The van der Waals surface area contributed by atoms with Crippen molar-refractivity contribution in [1.82, 2.24) is 0 Å². The molecule has 3 saturated heterocycles. The van der Waals surface area contributed by atoms with Gasteiger partial charge in [-0.15, -0.1) is 0 Å². The molecular formula is C77H124N4O4+4. The second-order valence-electron chi connectivity index (χ2n) is 26.4. The Labute approximate surface area is 520 Å². The van der Waals surface area contributed by atoms with Crippen LogP contribution in [0.15, 0.2) is 72.8 Å². The number of hydrogen-bond donors (Lipinski definition) is 0. The lowest BCUT2D eigenvalue weighted by Crippen LogP contribution is -2.60. The average Bonchev–Trinajstić information content (AvgIpc) is 3.11. The Balaban J connectivity index is 0.000000243. The Kier molecular flexibility index (Phi) is 29.8. The van der Waals surface area contributed by atoms with Crippen LogP contribution in [0, 0.1) is 55.4 Å². The van der Waals surface area contributed by atoms with Gasteiger partial charge < -0.3 is 17.9 Å². The molecule has 85 heavy (non-hydrogen) atoms. The Morgan fingerprint density at radius 2 is 0.741 bits per heavy atom. The number of Topliss-reactive ketones (excluding diaryl/α,β-unsaturated/α-hetero) is 4. The molecule has 0 bridgehead atoms. The average molecular weight is 1170 g/mol. The lowest BCUT2D eigenvalue weighted by Gasteiger charge is -2.46. The van der Waals surface area contributed by atoms with Crippen LogP contribution in [0.3, 0.4) is 0 Å². The molecule has 472 valence electrons. The first-order valence-electron chi connectivity index (χ1n) is 34.3. The van der Waals surface area contributed by atoms with Crippen molar-refractivity contribution < 1.29 is 37.1 Å². The van der Waals surface area contributed by atoms with Gasteiger partial charge in [0.15, 0.2) is 23.1 Å². The van der Waals surface area contributed by atoms with Gasteiger partial charge in [-0.25, -0.2) is 0 Å². The molecular weight excluding hydrogens is 1040 g/mol. The number of aryl methyl sites for hydroxylation is 8. The van der Waals surface area contributed by atoms with E-state index in [1.54, 1.807) is 0 Å². The summed E-state index contributed by atoms with van der Waals surface area (Å²) in [6.45, 7) is 52.6. The molecule has 0 N–H and O–H groups in total. The Hall–Kier alpha value is -4.60. The molecule has 4 aromatic carbocycles. The predicted octanol–water partition coefficient (Wildman–Crippen LogP) is 15.9. The van der Waals surface area contributed by atoms with E-state index < -0.39 is 0 Å². The van der Waals surface area contributed by atoms with Gasteiger partial charge >= 0.3 is 0 Å². The van der Waals surface area contributed by atoms with E-state index in [0.29, 0.717) is 48.8 Å². The smallest absolute Gasteiger partial charge is 0.194 e. The summed E-state index contributed by atoms with van der Waals surface area (Å²) in [4.78, 5) is 52.0. The van der Waals surface area contributed by atoms with Crippen molar-refractivity contribution in [1.29, 1.82) is 0 Å². The first-order valence-corrected chi connectivity index (χ1v) is 34.3. The molecule has 4 unspecified atom stereocenters. The van der Waals surface area contributed by atoms with Crippen LogP contribution in [-0.2, 0) is 44.9 Å². The van der Waals surface area contributed by atoms with Crippen LogP contribution in [-0.4, -0.2) is 144 Å². The topological polar surface area (TPSA) is 68.3 Å². The highest BCUT2D eigenvalue weighted by atomic mass is 16.1. The maximum atomic E-state index is 13.1. The number of hydrogen-bond acceptors (Lipinski definition) is 4. The summed E-state index contributed by atoms with van der Waals surface area (Å²) in [5, 5.41) is 0. The molecule has 0 aromatic heterocycles. The van der Waals surface area contributed by atoms with Gasteiger partial charge in [-0.05, 0) is 189 Å². The quantitative estimate of drug-likeness (QED) is 0.0588. The first-order chi connectivity index (χ1) is 40.6. The largest absolute Gasteiger partial charge is 0.315 e. The minimum atomic E-state index is 0.133. The summed E-state index contributed by atoms with van der Waals surface area (Å²) in [6.07, 6.45) is 15.1. The van der Waals surface area contributed by atoms with Crippen LogP contribution < -0.4 is 0 Å². The number of carbonyl (C=O) groups is 4. The molecule has 4 aromatic rings. The molecule has 8 nitrogen and oxygen atoms in total. The molecule has 3 aliphatic heterocycles. The fourth-order valence-electron chi connectivity index (χ4n) is 16.3. The standard InChI is InChI=1S/C20H32NO.C20H34NO.C19H30NO.C18H28NO/c1-5-19(21(6-2)13-8-7-9-14-21)20(22)15-18-16(3)11-10-12-17(18)4;1-7-14-21(9-3,10-4)19(8-2)20(22)15-18-16(5)12-11-13-17(18)6;1-5-18(20(6-2)12-7-8-13-20)19(21)14-17-15(3)10-9-11-16(17)4;1-5-19(6-2)12-8-11-17(19)18(20)13-16-14(3)9-7-10-15(16)4/h10-12,19H,5-9,13-15H2,1-4H3;11-13,19H,7-10,14-15H2,1-6H3;9-11,18H,5-8,12-14H2,1-4H3;7,9-10,17H,5-6,8,11-13H2,1-4H3/q4*+1. The van der Waals surface area contributed by atoms with Crippen LogP contribution in [0.4, 0.5) is 0 Å². The molecule has 0 radical (unpaired) electrons. The van der Waals surface area contributed by atoms with Crippen molar-refractivity contribution in [2.24, 2.45) is 0 Å². The van der Waals surface area contributed by atoms with Crippen LogP contribution in [0.5, 0.6) is 0 Å². The Morgan fingerprint density at radius 3 is 1.04 bits per heavy atom. The lowest BCUT2D eigenvalue weighted by molar-refractivity contribution is -0.945. The summed E-state index contributed by atoms with van der Waals surface area (Å²) < 4.78 is 4.00. The van der Waals surface area contributed by atoms with Crippen molar-refractivity contribution in [2.45, 2.75) is 245 Å². The number of carbonyl (C=O) groups excluding carboxylic acids is 4. The van der Waals surface area contributed by atoms with Crippen LogP contribution in [0.25, 0.3) is 0 Å². The van der Waals surface area contributed by atoms with Crippen molar-refractivity contribution in [3.05, 3.63) is 140 Å². The fraction of sp³-hybridized carbons (Fsp3) is 0.636. The zero-order valence-electron chi connectivity index (χ0n) is 57.8. The molecule has 4 atom stereocenters. The molecule has 3 aliphatic rings. The molecule has 8 heteroatoms. The Bertz CT molecular complexity index is 2570. The number of quaternary nitrogens is 4. The number of benzene rings is 4. The van der Waals surface area contributed by atoms with E-state index in [2.05, 4.69) is 197 Å². The van der Waals surface area contributed by atoms with E-state index in [9.17, 15) is 19.2 Å². The summed E-state index contributed by atoms with van der Waals surface area (Å²) in [6, 6.07) is 26.0. The third kappa shape index (κ3) is 18.3. The van der Waals surface area contributed by atoms with Gasteiger partial charge in [0.1, 0.15) is 24.2 Å².